The maximum Gasteiger partial charge on any atom is 0.309 e. The molecule has 7 heteroatoms. The van der Waals surface area contributed by atoms with Crippen molar-refractivity contribution in [2.24, 2.45) is 17.8 Å². The van der Waals surface area contributed by atoms with Gasteiger partial charge in [0.25, 0.3) is 0 Å². The maximum absolute atomic E-state index is 12.7. The largest absolute Gasteiger partial charge is 0.457 e. The van der Waals surface area contributed by atoms with Crippen LogP contribution in [0.15, 0.2) is 36.0 Å². The van der Waals surface area contributed by atoms with Crippen LogP contribution in [0.2, 0.25) is 0 Å². The van der Waals surface area contributed by atoms with Gasteiger partial charge in [-0.15, -0.1) is 0 Å². The van der Waals surface area contributed by atoms with Gasteiger partial charge >= 0.3 is 5.97 Å². The Morgan fingerprint density at radius 3 is 2.67 bits per heavy atom. The summed E-state index contributed by atoms with van der Waals surface area (Å²) in [7, 11) is 0. The standard InChI is InChI=1S/C32H54O7/c1-8-10-18-37-28-15-14-23(5)30(39-29(35)20-25(33)16-17-32(28,7)36)22(4)13-11-12-21(3)19-27-31(38-27)24(6)26(34)9-2/h11-15,21,23-28,30-31,33-34,36H,8-10,16-20H2,1-7H3/b12-11+,15-14-,22-13+. The minimum atomic E-state index is -1.16. The van der Waals surface area contributed by atoms with Gasteiger partial charge in [-0.3, -0.25) is 4.79 Å². The van der Waals surface area contributed by atoms with Crippen molar-refractivity contribution in [2.45, 2.75) is 136 Å². The first-order valence-electron chi connectivity index (χ1n) is 15.0. The fourth-order valence-electron chi connectivity index (χ4n) is 5.21. The molecule has 0 saturated carbocycles. The second-order valence-corrected chi connectivity index (χ2v) is 12.0. The molecule has 7 nitrogen and oxygen atoms in total. The number of epoxide rings is 1. The molecule has 0 aromatic rings. The van der Waals surface area contributed by atoms with E-state index in [0.717, 1.165) is 31.3 Å². The van der Waals surface area contributed by atoms with E-state index in [1.165, 1.54) is 0 Å². The van der Waals surface area contributed by atoms with Crippen molar-refractivity contribution in [1.29, 1.82) is 0 Å². The molecule has 2 aliphatic rings. The lowest BCUT2D eigenvalue weighted by Crippen LogP contribution is -2.41. The summed E-state index contributed by atoms with van der Waals surface area (Å²) in [5, 5.41) is 31.7. The molecule has 0 spiro atoms. The van der Waals surface area contributed by atoms with Gasteiger partial charge in [0, 0.05) is 18.4 Å². The van der Waals surface area contributed by atoms with Gasteiger partial charge in [-0.2, -0.15) is 0 Å². The normalized spacial score (nSPS) is 35.9. The summed E-state index contributed by atoms with van der Waals surface area (Å²) in [6.07, 6.45) is 12.0. The average molecular weight is 551 g/mol. The fraction of sp³-hybridized carbons (Fsp3) is 0.781. The number of hydrogen-bond donors (Lipinski definition) is 3. The van der Waals surface area contributed by atoms with Gasteiger partial charge in [0.15, 0.2) is 0 Å². The highest BCUT2D eigenvalue weighted by molar-refractivity contribution is 5.70. The predicted octanol–water partition coefficient (Wildman–Crippen LogP) is 5.27. The number of aliphatic hydroxyl groups excluding tert-OH is 2. The maximum atomic E-state index is 12.7. The molecule has 2 aliphatic heterocycles. The number of aliphatic hydroxyl groups is 3. The van der Waals surface area contributed by atoms with Crippen molar-refractivity contribution in [1.82, 2.24) is 0 Å². The van der Waals surface area contributed by atoms with Crippen LogP contribution < -0.4 is 0 Å². The van der Waals surface area contributed by atoms with Gasteiger partial charge in [-0.25, -0.2) is 0 Å². The van der Waals surface area contributed by atoms with E-state index in [1.54, 1.807) is 6.92 Å². The third-order valence-corrected chi connectivity index (χ3v) is 8.14. The number of unbranched alkanes of at least 4 members (excludes halogenated alkanes) is 1. The lowest BCUT2D eigenvalue weighted by atomic mass is 9.88. The van der Waals surface area contributed by atoms with E-state index in [2.05, 4.69) is 19.9 Å². The Morgan fingerprint density at radius 1 is 1.28 bits per heavy atom. The number of carbonyl (C=O) groups is 1. The van der Waals surface area contributed by atoms with Crippen LogP contribution in [-0.4, -0.2) is 70.1 Å². The number of rotatable bonds is 12. The van der Waals surface area contributed by atoms with E-state index in [1.807, 2.05) is 52.0 Å². The number of hydrogen-bond acceptors (Lipinski definition) is 7. The molecule has 224 valence electrons. The fourth-order valence-corrected chi connectivity index (χ4v) is 5.21. The monoisotopic (exact) mass is 550 g/mol. The van der Waals surface area contributed by atoms with Crippen molar-refractivity contribution >= 4 is 5.97 Å². The second kappa shape index (κ2) is 16.1. The molecule has 0 bridgehead atoms. The van der Waals surface area contributed by atoms with Crippen molar-refractivity contribution in [2.75, 3.05) is 6.61 Å². The number of esters is 1. The van der Waals surface area contributed by atoms with E-state index >= 15 is 0 Å². The number of cyclic esters (lactones) is 1. The molecule has 0 aromatic heterocycles. The third-order valence-electron chi connectivity index (χ3n) is 8.14. The van der Waals surface area contributed by atoms with E-state index in [-0.39, 0.29) is 43.0 Å². The van der Waals surface area contributed by atoms with Crippen molar-refractivity contribution in [3.63, 3.8) is 0 Å². The molecule has 10 unspecified atom stereocenters. The minimum absolute atomic E-state index is 0.113. The van der Waals surface area contributed by atoms with Gasteiger partial charge in [-0.05, 0) is 57.4 Å². The molecule has 3 N–H and O–H groups in total. The van der Waals surface area contributed by atoms with Gasteiger partial charge < -0.3 is 29.5 Å². The highest BCUT2D eigenvalue weighted by atomic mass is 16.6. The van der Waals surface area contributed by atoms with Crippen LogP contribution in [0.5, 0.6) is 0 Å². The molecular formula is C32H54O7. The van der Waals surface area contributed by atoms with Crippen LogP contribution in [0, 0.1) is 17.8 Å². The quantitative estimate of drug-likeness (QED) is 0.0998. The van der Waals surface area contributed by atoms with Crippen LogP contribution >= 0.6 is 0 Å². The van der Waals surface area contributed by atoms with E-state index in [0.29, 0.717) is 18.9 Å². The Hall–Kier alpha value is -1.51. The van der Waals surface area contributed by atoms with Crippen LogP contribution in [0.3, 0.4) is 0 Å². The van der Waals surface area contributed by atoms with Gasteiger partial charge in [0.2, 0.25) is 0 Å². The molecule has 0 radical (unpaired) electrons. The summed E-state index contributed by atoms with van der Waals surface area (Å²) in [4.78, 5) is 12.7. The summed E-state index contributed by atoms with van der Waals surface area (Å²) in [5.74, 6) is -0.172. The van der Waals surface area contributed by atoms with E-state index in [4.69, 9.17) is 14.2 Å². The molecule has 1 saturated heterocycles. The van der Waals surface area contributed by atoms with Crippen LogP contribution in [0.25, 0.3) is 0 Å². The molecule has 1 fully saturated rings. The van der Waals surface area contributed by atoms with Crippen LogP contribution in [0.4, 0.5) is 0 Å². The molecule has 2 rings (SSSR count). The Morgan fingerprint density at radius 2 is 2.00 bits per heavy atom. The van der Waals surface area contributed by atoms with Crippen molar-refractivity contribution in [3.8, 4) is 0 Å². The summed E-state index contributed by atoms with van der Waals surface area (Å²) in [6, 6.07) is 0. The Kier molecular flexibility index (Phi) is 13.9. The Bertz CT molecular complexity index is 832. The van der Waals surface area contributed by atoms with Crippen molar-refractivity contribution < 1.29 is 34.3 Å². The Balaban J connectivity index is 2.11. The summed E-state index contributed by atoms with van der Waals surface area (Å²) < 4.78 is 17.7. The molecule has 2 heterocycles. The number of allylic oxidation sites excluding steroid dienone is 3. The highest BCUT2D eigenvalue weighted by Gasteiger charge is 2.45. The smallest absolute Gasteiger partial charge is 0.309 e. The molecule has 0 amide bonds. The topological polar surface area (TPSA) is 109 Å². The number of carbonyl (C=O) groups excluding carboxylic acids is 1. The third kappa shape index (κ3) is 11.1. The molecule has 39 heavy (non-hydrogen) atoms. The summed E-state index contributed by atoms with van der Waals surface area (Å²) in [6.45, 7) is 14.5. The van der Waals surface area contributed by atoms with Gasteiger partial charge in [0.05, 0.1) is 36.4 Å². The SMILES string of the molecule is CCCCOC1/C=C\C(C)C(/C(C)=C/C=C/C(C)CC2OC2C(C)C(O)CC)OC(=O)CC(O)CCC1(C)O. The van der Waals surface area contributed by atoms with Crippen LogP contribution in [0.1, 0.15) is 93.4 Å². The van der Waals surface area contributed by atoms with Gasteiger partial charge in [0.1, 0.15) is 12.2 Å². The first-order valence-corrected chi connectivity index (χ1v) is 15.0. The minimum Gasteiger partial charge on any atom is -0.457 e. The Labute approximate surface area is 236 Å². The van der Waals surface area contributed by atoms with E-state index < -0.39 is 29.9 Å². The average Bonchev–Trinajstić information content (AvgIpc) is 3.64. The second-order valence-electron chi connectivity index (χ2n) is 12.0. The van der Waals surface area contributed by atoms with Gasteiger partial charge in [-0.1, -0.05) is 71.4 Å². The first-order chi connectivity index (χ1) is 18.4. The lowest BCUT2D eigenvalue weighted by Gasteiger charge is -2.33. The molecule has 0 aliphatic carbocycles. The number of ether oxygens (including phenoxy) is 3. The van der Waals surface area contributed by atoms with Crippen LogP contribution in [-0.2, 0) is 19.0 Å². The lowest BCUT2D eigenvalue weighted by molar-refractivity contribution is -0.151. The predicted molar refractivity (Wildman–Crippen MR) is 154 cm³/mol. The molecular weight excluding hydrogens is 496 g/mol. The highest BCUT2D eigenvalue weighted by Crippen LogP contribution is 2.36. The zero-order valence-corrected chi connectivity index (χ0v) is 25.2. The zero-order valence-electron chi connectivity index (χ0n) is 25.2. The van der Waals surface area contributed by atoms with E-state index in [9.17, 15) is 20.1 Å². The summed E-state index contributed by atoms with van der Waals surface area (Å²) >= 11 is 0. The molecule has 10 atom stereocenters. The zero-order chi connectivity index (χ0) is 29.2. The first kappa shape index (κ1) is 33.7. The molecule has 0 aromatic carbocycles. The van der Waals surface area contributed by atoms with Crippen molar-refractivity contribution in [3.05, 3.63) is 36.0 Å². The summed E-state index contributed by atoms with van der Waals surface area (Å²) in [5.41, 5.74) is -0.268.